The molecule has 4 saturated heterocycles. The van der Waals surface area contributed by atoms with E-state index in [0.717, 1.165) is 25.7 Å². The summed E-state index contributed by atoms with van der Waals surface area (Å²) in [5.74, 6) is -5.42. The van der Waals surface area contributed by atoms with Gasteiger partial charge in [0.15, 0.2) is 0 Å². The molecule has 0 aliphatic carbocycles. The van der Waals surface area contributed by atoms with Gasteiger partial charge in [-0.25, -0.2) is 15.6 Å². The molecule has 0 saturated carbocycles. The number of amides is 4. The van der Waals surface area contributed by atoms with E-state index in [-0.39, 0.29) is 48.3 Å². The number of aliphatic carboxylic acids is 1. The average Bonchev–Trinajstić information content (AvgIpc) is 3.44. The Morgan fingerprint density at radius 1 is 0.535 bits per heavy atom. The number of carbonyl (C=O) groups excluding carboxylic acids is 8. The minimum atomic E-state index is -1.74. The number of carbonyl (C=O) groups is 9. The Hall–Kier alpha value is -3.39. The minimum absolute atomic E-state index is 0.0652. The lowest BCUT2D eigenvalue weighted by Crippen LogP contribution is -2.60. The largest absolute Gasteiger partial charge is 0.481 e. The van der Waals surface area contributed by atoms with Crippen molar-refractivity contribution in [1.82, 2.24) is 31.5 Å². The van der Waals surface area contributed by atoms with Gasteiger partial charge in [0.2, 0.25) is 13.5 Å². The maximum absolute atomic E-state index is 13.7. The second-order valence-electron chi connectivity index (χ2n) is 25.5. The Morgan fingerprint density at radius 3 is 1.21 bits per heavy atom. The van der Waals surface area contributed by atoms with Crippen LogP contribution in [-0.2, 0) is 71.5 Å². The molecule has 0 spiro atoms. The van der Waals surface area contributed by atoms with Crippen LogP contribution in [0.5, 0.6) is 0 Å². The van der Waals surface area contributed by atoms with Crippen molar-refractivity contribution in [3.05, 3.63) is 0 Å². The topological polar surface area (TPSA) is 293 Å². The second-order valence-corrected chi connectivity index (χ2v) is 30.6. The van der Waals surface area contributed by atoms with Gasteiger partial charge in [-0.3, -0.25) is 48.4 Å². The summed E-state index contributed by atoms with van der Waals surface area (Å²) in [7, 11) is 0. The molecule has 4 aliphatic rings. The first-order valence-electron chi connectivity index (χ1n) is 29.3. The number of alkyl halides is 6. The van der Waals surface area contributed by atoms with Gasteiger partial charge in [0, 0.05) is 39.5 Å². The minimum Gasteiger partial charge on any atom is -0.481 e. The van der Waals surface area contributed by atoms with Crippen LogP contribution in [-0.4, -0.2) is 170 Å². The fourth-order valence-corrected chi connectivity index (χ4v) is 9.61. The monoisotopic (exact) mass is 1340 g/mol. The molecule has 496 valence electrons. The third kappa shape index (κ3) is 33.4. The normalized spacial score (nSPS) is 19.8. The van der Waals surface area contributed by atoms with Crippen molar-refractivity contribution in [2.75, 3.05) is 52.7 Å². The molecule has 4 heterocycles. The van der Waals surface area contributed by atoms with E-state index in [9.17, 15) is 43.2 Å². The van der Waals surface area contributed by atoms with E-state index in [1.54, 1.807) is 76.2 Å². The van der Waals surface area contributed by atoms with Crippen molar-refractivity contribution in [3.8, 4) is 0 Å². The van der Waals surface area contributed by atoms with Gasteiger partial charge < -0.3 is 48.9 Å². The predicted molar refractivity (Wildman–Crippen MR) is 325 cm³/mol. The third-order valence-corrected chi connectivity index (χ3v) is 14.2. The Morgan fingerprint density at radius 2 is 0.884 bits per heavy atom. The number of carboxylic acid groups (broad SMARTS) is 1. The van der Waals surface area contributed by atoms with Crippen molar-refractivity contribution in [1.29, 1.82) is 0 Å². The second kappa shape index (κ2) is 36.5. The van der Waals surface area contributed by atoms with E-state index in [4.69, 9.17) is 108 Å². The molecule has 0 aromatic rings. The molecule has 4 fully saturated rings. The van der Waals surface area contributed by atoms with Crippen molar-refractivity contribution >= 4 is 123 Å². The molecule has 6 atom stereocenters. The third-order valence-electron chi connectivity index (χ3n) is 13.5. The van der Waals surface area contributed by atoms with Crippen molar-refractivity contribution in [3.63, 3.8) is 0 Å². The van der Waals surface area contributed by atoms with Gasteiger partial charge in [-0.15, -0.1) is 0 Å². The number of rotatable bonds is 20. The first-order valence-corrected chi connectivity index (χ1v) is 31.5. The van der Waals surface area contributed by atoms with Crippen LogP contribution in [0.25, 0.3) is 0 Å². The lowest BCUT2D eigenvalue weighted by atomic mass is 9.89. The van der Waals surface area contributed by atoms with Crippen LogP contribution in [0, 0.1) is 35.5 Å². The Balaban J connectivity index is 0.000000481. The van der Waals surface area contributed by atoms with Crippen LogP contribution < -0.4 is 21.5 Å². The zero-order valence-corrected chi connectivity index (χ0v) is 56.6. The Labute approximate surface area is 537 Å². The quantitative estimate of drug-likeness (QED) is 0.0432. The molecular weight excluding hydrogens is 1250 g/mol. The molecule has 0 aromatic heterocycles. The van der Waals surface area contributed by atoms with Crippen LogP contribution >= 0.6 is 69.6 Å². The lowest BCUT2D eigenvalue weighted by molar-refractivity contribution is -0.160. The first-order chi connectivity index (χ1) is 39.5. The van der Waals surface area contributed by atoms with Crippen molar-refractivity contribution in [2.24, 2.45) is 35.5 Å². The zero-order chi connectivity index (χ0) is 65.5. The molecule has 0 radical (unpaired) electrons. The predicted octanol–water partition coefficient (Wildman–Crippen LogP) is 8.88. The van der Waals surface area contributed by atoms with E-state index < -0.39 is 115 Å². The van der Waals surface area contributed by atoms with Crippen molar-refractivity contribution < 1.29 is 81.4 Å². The molecule has 86 heavy (non-hydrogen) atoms. The number of halogens is 6. The van der Waals surface area contributed by atoms with Crippen molar-refractivity contribution in [2.45, 2.75) is 216 Å². The van der Waals surface area contributed by atoms with E-state index in [1.165, 1.54) is 10.0 Å². The summed E-state index contributed by atoms with van der Waals surface area (Å²) in [6.07, 6.45) is 5.18. The van der Waals surface area contributed by atoms with Crippen LogP contribution in [0.1, 0.15) is 167 Å². The van der Waals surface area contributed by atoms with Gasteiger partial charge in [0.1, 0.15) is 54.2 Å². The molecule has 5 N–H and O–H groups in total. The van der Waals surface area contributed by atoms with Gasteiger partial charge >= 0.3 is 35.9 Å². The SMILES string of the molecule is CC(C)(C)OC(=O)NC(CC1CCOCC1)C(=O)N1CCC[C@@H](C(=O)OCC(Cl)(Cl)Cl)N1.CC(C)[C@H](CC(=O)OC(C)(C)C)C(=O)NC(CC1CCOCC1)C(=O)N1CCC[C@@H](C(=O)OCC(Cl)(Cl)Cl)N1.CC(C)[C@H](CC(=O)OC(C)(C)C)C(=O)O. The maximum Gasteiger partial charge on any atom is 0.408 e. The zero-order valence-electron chi connectivity index (χ0n) is 52.1. The summed E-state index contributed by atoms with van der Waals surface area (Å²) < 4.78 is 33.3. The number of nitrogens with one attached hydrogen (secondary N) is 4. The fourth-order valence-electron chi connectivity index (χ4n) is 9.28. The van der Waals surface area contributed by atoms with Gasteiger partial charge in [-0.05, 0) is 150 Å². The molecular formula is C57H94Cl6N6O17. The molecule has 0 aromatic carbocycles. The summed E-state index contributed by atoms with van der Waals surface area (Å²) in [6, 6.07) is -3.23. The number of hydrazine groups is 2. The molecule has 4 amide bonds. The van der Waals surface area contributed by atoms with E-state index in [1.807, 2.05) is 13.8 Å². The highest BCUT2D eigenvalue weighted by Gasteiger charge is 2.40. The number of alkyl carbamates (subject to hydrolysis) is 1. The highest BCUT2D eigenvalue weighted by Crippen LogP contribution is 2.29. The first kappa shape index (κ1) is 78.7. The molecule has 0 bridgehead atoms. The number of hydrogen-bond acceptors (Lipinski definition) is 18. The van der Waals surface area contributed by atoms with E-state index in [2.05, 4.69) is 21.5 Å². The Kier molecular flexibility index (Phi) is 33.4. The van der Waals surface area contributed by atoms with Gasteiger partial charge in [0.25, 0.3) is 11.8 Å². The van der Waals surface area contributed by atoms with Gasteiger partial charge in [-0.1, -0.05) is 97.3 Å². The number of carboxylic acids is 1. The summed E-state index contributed by atoms with van der Waals surface area (Å²) in [6.45, 7) is 25.4. The molecule has 29 heteroatoms. The number of esters is 4. The highest BCUT2D eigenvalue weighted by molar-refractivity contribution is 6.68. The fraction of sp³-hybridized carbons (Fsp3) is 0.842. The summed E-state index contributed by atoms with van der Waals surface area (Å²) >= 11 is 33.9. The Bertz CT molecular complexity index is 2210. The molecule has 4 rings (SSSR count). The van der Waals surface area contributed by atoms with Gasteiger partial charge in [0.05, 0.1) is 24.7 Å². The number of nitrogens with zero attached hydrogens (tertiary/aromatic N) is 2. The van der Waals surface area contributed by atoms with E-state index in [0.29, 0.717) is 78.0 Å². The molecule has 4 aliphatic heterocycles. The van der Waals surface area contributed by atoms with Crippen LogP contribution in [0.15, 0.2) is 0 Å². The summed E-state index contributed by atoms with van der Waals surface area (Å²) in [5, 5.41) is 17.2. The summed E-state index contributed by atoms with van der Waals surface area (Å²) in [5.41, 5.74) is 3.88. The molecule has 2 unspecified atom stereocenters. The van der Waals surface area contributed by atoms with Crippen LogP contribution in [0.2, 0.25) is 0 Å². The smallest absolute Gasteiger partial charge is 0.408 e. The summed E-state index contributed by atoms with van der Waals surface area (Å²) in [4.78, 5) is 112. The van der Waals surface area contributed by atoms with E-state index >= 15 is 0 Å². The number of hydrogen-bond donors (Lipinski definition) is 5. The average molecular weight is 1350 g/mol. The number of ether oxygens (including phenoxy) is 7. The standard InChI is InChI=1S/C26H42Cl3N3O7.C20H32Cl3N3O6.C11H20O4/c1-16(2)18(14-21(33)39-25(3,4)5)22(34)30-20(13-17-8-11-37-12-9-17)23(35)32-10-6-7-19(31-32)24(36)38-15-26(27,28)29;1-19(2,3)32-18(29)24-15(11-13-6-9-30-10-7-13)16(27)26-8-4-5-14(25-26)17(28)31-12-20(21,22)23;1-7(2)8(10(13)14)6-9(12)15-11(3,4)5/h16-20,31H,6-15H2,1-5H3,(H,30,34);13-15,25H,4-12H2,1-3H3,(H,24,29);7-8H,6H2,1-5H3,(H,13,14)/t18-,19-,20?;14-,15?;8-/m000/s1. The van der Waals surface area contributed by atoms with Gasteiger partial charge in [-0.2, -0.15) is 0 Å². The van der Waals surface area contributed by atoms with Crippen LogP contribution in [0.4, 0.5) is 4.79 Å². The lowest BCUT2D eigenvalue weighted by Gasteiger charge is -2.36. The maximum atomic E-state index is 13.7. The van der Waals surface area contributed by atoms with Crippen LogP contribution in [0.3, 0.4) is 0 Å². The highest BCUT2D eigenvalue weighted by atomic mass is 35.6. The molecule has 23 nitrogen and oxygen atoms in total.